The van der Waals surface area contributed by atoms with Crippen LogP contribution in [0.1, 0.15) is 32.0 Å². The number of anilines is 1. The van der Waals surface area contributed by atoms with Gasteiger partial charge < -0.3 is 4.90 Å². The quantitative estimate of drug-likeness (QED) is 0.435. The van der Waals surface area contributed by atoms with Crippen molar-refractivity contribution in [2.45, 2.75) is 33.5 Å². The molecule has 2 aromatic carbocycles. The number of thiazole rings is 1. The normalized spacial score (nSPS) is 12.1. The maximum atomic E-state index is 13.3. The van der Waals surface area contributed by atoms with Crippen molar-refractivity contribution in [2.24, 2.45) is 5.41 Å². The van der Waals surface area contributed by atoms with Crippen LogP contribution >= 0.6 is 11.3 Å². The minimum Gasteiger partial charge on any atom is -0.306 e. The van der Waals surface area contributed by atoms with E-state index in [1.54, 1.807) is 26.2 Å². The molecule has 1 heterocycles. The van der Waals surface area contributed by atoms with Gasteiger partial charge in [-0.3, -0.25) is 4.79 Å². The number of benzene rings is 2. The molecule has 0 atom stereocenters. The molecular weight excluding hydrogens is 416 g/mol. The molecule has 0 aliphatic heterocycles. The Kier molecular flexibility index (Phi) is 5.99. The summed E-state index contributed by atoms with van der Waals surface area (Å²) in [6, 6.07) is 10.7. The molecule has 0 aliphatic rings. The van der Waals surface area contributed by atoms with Gasteiger partial charge in [-0.15, -0.1) is 11.3 Å². The maximum Gasteiger partial charge on any atom is 0.417 e. The first kappa shape index (κ1) is 22.0. The molecule has 3 rings (SSSR count). The van der Waals surface area contributed by atoms with E-state index in [2.05, 4.69) is 4.98 Å². The van der Waals surface area contributed by atoms with Crippen LogP contribution in [-0.4, -0.2) is 10.9 Å². The second-order valence-electron chi connectivity index (χ2n) is 7.81. The monoisotopic (exact) mass is 436 g/mol. The van der Waals surface area contributed by atoms with E-state index in [1.807, 2.05) is 0 Å². The van der Waals surface area contributed by atoms with Gasteiger partial charge in [0.25, 0.3) is 0 Å². The Labute approximate surface area is 176 Å². The molecule has 158 valence electrons. The average Bonchev–Trinajstić information content (AvgIpc) is 3.13. The molecule has 0 saturated heterocycles. The number of nitrogens with zero attached hydrogens (tertiary/aromatic N) is 2. The zero-order valence-corrected chi connectivity index (χ0v) is 17.4. The summed E-state index contributed by atoms with van der Waals surface area (Å²) >= 11 is 1.08. The van der Waals surface area contributed by atoms with Crippen LogP contribution < -0.4 is 4.90 Å². The van der Waals surface area contributed by atoms with Crippen LogP contribution in [0.5, 0.6) is 0 Å². The van der Waals surface area contributed by atoms with Crippen LogP contribution in [0.15, 0.2) is 53.9 Å². The van der Waals surface area contributed by atoms with Crippen LogP contribution in [0, 0.1) is 11.2 Å². The second kappa shape index (κ2) is 8.18. The molecule has 1 aromatic heterocycles. The molecule has 0 fully saturated rings. The van der Waals surface area contributed by atoms with Crippen molar-refractivity contribution >= 4 is 22.9 Å². The number of alkyl halides is 3. The number of hydrogen-bond acceptors (Lipinski definition) is 3. The first-order valence-electron chi connectivity index (χ1n) is 9.15. The molecule has 0 unspecified atom stereocenters. The molecule has 0 N–H and O–H groups in total. The van der Waals surface area contributed by atoms with Gasteiger partial charge in [-0.05, 0) is 30.3 Å². The minimum absolute atomic E-state index is 0.00303. The Morgan fingerprint density at radius 3 is 2.27 bits per heavy atom. The van der Waals surface area contributed by atoms with Crippen LogP contribution in [-0.2, 0) is 17.5 Å². The summed E-state index contributed by atoms with van der Waals surface area (Å²) in [5.74, 6) is -0.638. The van der Waals surface area contributed by atoms with E-state index in [1.165, 1.54) is 47.4 Å². The van der Waals surface area contributed by atoms with Crippen LogP contribution in [0.25, 0.3) is 10.6 Å². The van der Waals surface area contributed by atoms with Gasteiger partial charge in [0.05, 0.1) is 17.8 Å². The van der Waals surface area contributed by atoms with Gasteiger partial charge in [-0.25, -0.2) is 9.37 Å². The highest BCUT2D eigenvalue weighted by molar-refractivity contribution is 7.13. The van der Waals surface area contributed by atoms with Gasteiger partial charge in [0.15, 0.2) is 0 Å². The van der Waals surface area contributed by atoms with Gasteiger partial charge in [-0.2, -0.15) is 13.2 Å². The Hall–Kier alpha value is -2.74. The molecule has 30 heavy (non-hydrogen) atoms. The van der Waals surface area contributed by atoms with E-state index in [-0.39, 0.29) is 23.0 Å². The maximum absolute atomic E-state index is 13.3. The molecule has 0 saturated carbocycles. The summed E-state index contributed by atoms with van der Waals surface area (Å²) in [5.41, 5.74) is -0.532. The Morgan fingerprint density at radius 2 is 1.67 bits per heavy atom. The number of carbonyl (C=O) groups excluding carboxylic acids is 1. The van der Waals surface area contributed by atoms with Crippen molar-refractivity contribution in [2.75, 3.05) is 4.90 Å². The number of carbonyl (C=O) groups is 1. The summed E-state index contributed by atoms with van der Waals surface area (Å²) in [6.45, 7) is 5.35. The average molecular weight is 436 g/mol. The van der Waals surface area contributed by atoms with Crippen molar-refractivity contribution in [3.8, 4) is 10.6 Å². The number of aromatic nitrogens is 1. The Bertz CT molecular complexity index is 1040. The number of halogens is 4. The third-order valence-electron chi connectivity index (χ3n) is 4.36. The fourth-order valence-corrected chi connectivity index (χ4v) is 3.74. The molecule has 3 aromatic rings. The summed E-state index contributed by atoms with van der Waals surface area (Å²) in [6.07, 6.45) is -4.50. The van der Waals surface area contributed by atoms with E-state index in [9.17, 15) is 22.4 Å². The van der Waals surface area contributed by atoms with Gasteiger partial charge in [0, 0.05) is 22.0 Å². The third kappa shape index (κ3) is 4.87. The number of hydrogen-bond donors (Lipinski definition) is 0. The molecule has 3 nitrogen and oxygen atoms in total. The molecule has 0 aliphatic carbocycles. The number of rotatable bonds is 4. The SMILES string of the molecule is CC(C)(C)C(=O)N(Cc1csc(-c2ccccc2C(F)(F)F)n1)c1ccc(F)cc1. The highest BCUT2D eigenvalue weighted by Crippen LogP contribution is 2.38. The summed E-state index contributed by atoms with van der Waals surface area (Å²) in [5, 5.41) is 1.86. The van der Waals surface area contributed by atoms with Crippen molar-refractivity contribution in [3.63, 3.8) is 0 Å². The largest absolute Gasteiger partial charge is 0.417 e. The van der Waals surface area contributed by atoms with Crippen LogP contribution in [0.3, 0.4) is 0 Å². The predicted molar refractivity (Wildman–Crippen MR) is 110 cm³/mol. The van der Waals surface area contributed by atoms with E-state index >= 15 is 0 Å². The van der Waals surface area contributed by atoms with Gasteiger partial charge in [-0.1, -0.05) is 39.0 Å². The molecule has 0 spiro atoms. The lowest BCUT2D eigenvalue weighted by Gasteiger charge is -2.29. The lowest BCUT2D eigenvalue weighted by molar-refractivity contribution is -0.137. The lowest BCUT2D eigenvalue weighted by atomic mass is 9.94. The van der Waals surface area contributed by atoms with Crippen molar-refractivity contribution in [3.05, 3.63) is 71.0 Å². The van der Waals surface area contributed by atoms with Gasteiger partial charge in [0.2, 0.25) is 5.91 Å². The molecule has 0 bridgehead atoms. The molecule has 0 radical (unpaired) electrons. The zero-order valence-electron chi connectivity index (χ0n) is 16.6. The summed E-state index contributed by atoms with van der Waals surface area (Å²) in [4.78, 5) is 18.8. The van der Waals surface area contributed by atoms with E-state index in [4.69, 9.17) is 0 Å². The first-order valence-corrected chi connectivity index (χ1v) is 10.0. The Morgan fingerprint density at radius 1 is 1.03 bits per heavy atom. The van der Waals surface area contributed by atoms with Crippen molar-refractivity contribution in [1.29, 1.82) is 0 Å². The highest BCUT2D eigenvalue weighted by atomic mass is 32.1. The van der Waals surface area contributed by atoms with Gasteiger partial charge >= 0.3 is 6.18 Å². The van der Waals surface area contributed by atoms with E-state index in [0.717, 1.165) is 17.4 Å². The summed E-state index contributed by atoms with van der Waals surface area (Å²) in [7, 11) is 0. The summed E-state index contributed by atoms with van der Waals surface area (Å²) < 4.78 is 53.3. The van der Waals surface area contributed by atoms with Crippen molar-refractivity contribution in [1.82, 2.24) is 4.98 Å². The second-order valence-corrected chi connectivity index (χ2v) is 8.66. The smallest absolute Gasteiger partial charge is 0.306 e. The minimum atomic E-state index is -4.50. The Balaban J connectivity index is 1.96. The van der Waals surface area contributed by atoms with E-state index in [0.29, 0.717) is 11.4 Å². The fourth-order valence-electron chi connectivity index (χ4n) is 2.89. The van der Waals surface area contributed by atoms with E-state index < -0.39 is 23.0 Å². The third-order valence-corrected chi connectivity index (χ3v) is 5.28. The lowest BCUT2D eigenvalue weighted by Crippen LogP contribution is -2.39. The van der Waals surface area contributed by atoms with Crippen LogP contribution in [0.2, 0.25) is 0 Å². The molecule has 8 heteroatoms. The first-order chi connectivity index (χ1) is 14.0. The zero-order chi connectivity index (χ0) is 22.1. The highest BCUT2D eigenvalue weighted by Gasteiger charge is 2.34. The van der Waals surface area contributed by atoms with Gasteiger partial charge in [0.1, 0.15) is 10.8 Å². The molecular formula is C22H20F4N2OS. The topological polar surface area (TPSA) is 33.2 Å². The van der Waals surface area contributed by atoms with Crippen LogP contribution in [0.4, 0.5) is 23.2 Å². The standard InChI is InChI=1S/C22H20F4N2OS/c1-21(2,3)20(29)28(16-10-8-14(23)9-11-16)12-15-13-30-19(27-15)17-6-4-5-7-18(17)22(24,25)26/h4-11,13H,12H2,1-3H3. The van der Waals surface area contributed by atoms with Crippen molar-refractivity contribution < 1.29 is 22.4 Å². The predicted octanol–water partition coefficient (Wildman–Crippen LogP) is 6.55. The number of amides is 1. The fraction of sp³-hybridized carbons (Fsp3) is 0.273. The molecule has 1 amide bonds.